The van der Waals surface area contributed by atoms with Crippen LogP contribution in [0.25, 0.3) is 0 Å². The first kappa shape index (κ1) is 11.5. The third kappa shape index (κ3) is 1.61. The second-order valence-corrected chi connectivity index (χ2v) is 5.90. The van der Waals surface area contributed by atoms with Crippen molar-refractivity contribution in [2.75, 3.05) is 19.8 Å². The molecular formula is C13H23N3O. The summed E-state index contributed by atoms with van der Waals surface area (Å²) >= 11 is 0. The minimum Gasteiger partial charge on any atom is -0.324 e. The maximum Gasteiger partial charge on any atom is 0.243 e. The molecule has 1 amide bonds. The third-order valence-electron chi connectivity index (χ3n) is 5.05. The largest absolute Gasteiger partial charge is 0.324 e. The van der Waals surface area contributed by atoms with Gasteiger partial charge in [0.05, 0.1) is 12.2 Å². The van der Waals surface area contributed by atoms with Gasteiger partial charge in [0, 0.05) is 18.6 Å². The van der Waals surface area contributed by atoms with Crippen molar-refractivity contribution in [1.29, 1.82) is 0 Å². The standard InChI is InChI=1S/C13H23N3O/c1-3-13(2)12(17)16(9-14-13)11-6-8-15-7-4-5-10(11)15/h10-11,14H,3-9H2,1-2H3. The number of hydrogen-bond donors (Lipinski definition) is 1. The van der Waals surface area contributed by atoms with Crippen LogP contribution in [0, 0.1) is 0 Å². The van der Waals surface area contributed by atoms with Crippen molar-refractivity contribution in [2.45, 2.75) is 57.2 Å². The number of rotatable bonds is 2. The second-order valence-electron chi connectivity index (χ2n) is 5.90. The molecule has 1 N–H and O–H groups in total. The zero-order valence-electron chi connectivity index (χ0n) is 10.9. The van der Waals surface area contributed by atoms with Crippen molar-refractivity contribution in [3.63, 3.8) is 0 Å². The number of carbonyl (C=O) groups excluding carboxylic acids is 1. The lowest BCUT2D eigenvalue weighted by atomic mass is 9.97. The normalized spacial score (nSPS) is 42.5. The molecule has 3 aliphatic rings. The van der Waals surface area contributed by atoms with Crippen LogP contribution >= 0.6 is 0 Å². The Hall–Kier alpha value is -0.610. The van der Waals surface area contributed by atoms with E-state index in [0.29, 0.717) is 18.0 Å². The molecule has 3 rings (SSSR count). The molecule has 0 bridgehead atoms. The summed E-state index contributed by atoms with van der Waals surface area (Å²) in [7, 11) is 0. The van der Waals surface area contributed by atoms with Crippen LogP contribution in [0.15, 0.2) is 0 Å². The topological polar surface area (TPSA) is 35.6 Å². The Morgan fingerprint density at radius 1 is 1.35 bits per heavy atom. The fourth-order valence-electron chi connectivity index (χ4n) is 3.69. The fourth-order valence-corrected chi connectivity index (χ4v) is 3.69. The molecule has 4 heteroatoms. The Bertz CT molecular complexity index is 333. The smallest absolute Gasteiger partial charge is 0.243 e. The predicted octanol–water partition coefficient (Wildman–Crippen LogP) is 0.781. The zero-order valence-corrected chi connectivity index (χ0v) is 10.9. The van der Waals surface area contributed by atoms with Gasteiger partial charge in [-0.2, -0.15) is 0 Å². The molecule has 96 valence electrons. The van der Waals surface area contributed by atoms with Gasteiger partial charge in [0.25, 0.3) is 0 Å². The highest BCUT2D eigenvalue weighted by atomic mass is 16.2. The Morgan fingerprint density at radius 2 is 2.18 bits per heavy atom. The van der Waals surface area contributed by atoms with Crippen LogP contribution in [-0.4, -0.2) is 53.1 Å². The monoisotopic (exact) mass is 237 g/mol. The first-order valence-corrected chi connectivity index (χ1v) is 6.96. The second kappa shape index (κ2) is 3.95. The van der Waals surface area contributed by atoms with Crippen LogP contribution in [0.3, 0.4) is 0 Å². The quantitative estimate of drug-likeness (QED) is 0.771. The molecule has 0 aromatic carbocycles. The lowest BCUT2D eigenvalue weighted by molar-refractivity contribution is -0.134. The summed E-state index contributed by atoms with van der Waals surface area (Å²) in [6, 6.07) is 1.10. The van der Waals surface area contributed by atoms with E-state index in [1.165, 1.54) is 25.9 Å². The van der Waals surface area contributed by atoms with E-state index >= 15 is 0 Å². The van der Waals surface area contributed by atoms with Crippen molar-refractivity contribution in [2.24, 2.45) is 0 Å². The van der Waals surface area contributed by atoms with E-state index in [9.17, 15) is 4.79 Å². The Kier molecular flexibility index (Phi) is 2.67. The Morgan fingerprint density at radius 3 is 2.88 bits per heavy atom. The number of nitrogens with zero attached hydrogens (tertiary/aromatic N) is 2. The molecule has 0 aromatic rings. The maximum atomic E-state index is 12.5. The predicted molar refractivity (Wildman–Crippen MR) is 66.5 cm³/mol. The van der Waals surface area contributed by atoms with E-state index in [2.05, 4.69) is 22.0 Å². The first-order chi connectivity index (χ1) is 8.15. The lowest BCUT2D eigenvalue weighted by Gasteiger charge is -2.30. The summed E-state index contributed by atoms with van der Waals surface area (Å²) in [6.07, 6.45) is 4.63. The van der Waals surface area contributed by atoms with Gasteiger partial charge < -0.3 is 4.90 Å². The molecule has 3 unspecified atom stereocenters. The van der Waals surface area contributed by atoms with E-state index in [0.717, 1.165) is 19.5 Å². The molecule has 0 radical (unpaired) electrons. The average molecular weight is 237 g/mol. The summed E-state index contributed by atoms with van der Waals surface area (Å²) in [5.41, 5.74) is -0.313. The molecule has 4 nitrogen and oxygen atoms in total. The van der Waals surface area contributed by atoms with Gasteiger partial charge in [-0.25, -0.2) is 0 Å². The van der Waals surface area contributed by atoms with Gasteiger partial charge >= 0.3 is 0 Å². The fraction of sp³-hybridized carbons (Fsp3) is 0.923. The van der Waals surface area contributed by atoms with Gasteiger partial charge in [-0.1, -0.05) is 6.92 Å². The molecular weight excluding hydrogens is 214 g/mol. The SMILES string of the molecule is CCC1(C)NCN(C2CCN3CCCC23)C1=O. The van der Waals surface area contributed by atoms with Gasteiger partial charge in [0.2, 0.25) is 5.91 Å². The summed E-state index contributed by atoms with van der Waals surface area (Å²) in [5.74, 6) is 0.318. The molecule has 0 aromatic heterocycles. The van der Waals surface area contributed by atoms with Gasteiger partial charge in [-0.05, 0) is 39.2 Å². The van der Waals surface area contributed by atoms with Gasteiger partial charge in [0.15, 0.2) is 0 Å². The van der Waals surface area contributed by atoms with Crippen molar-refractivity contribution >= 4 is 5.91 Å². The van der Waals surface area contributed by atoms with Gasteiger partial charge in [0.1, 0.15) is 0 Å². The van der Waals surface area contributed by atoms with Crippen LogP contribution in [0.1, 0.15) is 39.5 Å². The average Bonchev–Trinajstić information content (AvgIpc) is 2.97. The summed E-state index contributed by atoms with van der Waals surface area (Å²) in [5, 5.41) is 3.40. The first-order valence-electron chi connectivity index (χ1n) is 6.96. The van der Waals surface area contributed by atoms with Crippen molar-refractivity contribution in [1.82, 2.24) is 15.1 Å². The van der Waals surface area contributed by atoms with E-state index in [-0.39, 0.29) is 5.54 Å². The molecule has 3 saturated heterocycles. The number of fused-ring (bicyclic) bond motifs is 1. The van der Waals surface area contributed by atoms with Crippen molar-refractivity contribution < 1.29 is 4.79 Å². The molecule has 3 atom stereocenters. The number of amides is 1. The highest BCUT2D eigenvalue weighted by molar-refractivity contribution is 5.88. The van der Waals surface area contributed by atoms with Crippen LogP contribution in [0.2, 0.25) is 0 Å². The van der Waals surface area contributed by atoms with E-state index in [1.807, 2.05) is 6.92 Å². The molecule has 0 spiro atoms. The summed E-state index contributed by atoms with van der Waals surface area (Å²) in [6.45, 7) is 7.30. The van der Waals surface area contributed by atoms with Crippen molar-refractivity contribution in [3.05, 3.63) is 0 Å². The Labute approximate surface area is 103 Å². The molecule has 0 saturated carbocycles. The van der Waals surface area contributed by atoms with E-state index < -0.39 is 0 Å². The summed E-state index contributed by atoms with van der Waals surface area (Å²) < 4.78 is 0. The molecule has 3 fully saturated rings. The molecule has 3 heterocycles. The van der Waals surface area contributed by atoms with Gasteiger partial charge in [-0.3, -0.25) is 15.0 Å². The molecule has 3 aliphatic heterocycles. The number of carbonyl (C=O) groups is 1. The minimum atomic E-state index is -0.313. The summed E-state index contributed by atoms with van der Waals surface area (Å²) in [4.78, 5) is 17.2. The van der Waals surface area contributed by atoms with E-state index in [4.69, 9.17) is 0 Å². The Balaban J connectivity index is 1.76. The number of hydrogen-bond acceptors (Lipinski definition) is 3. The van der Waals surface area contributed by atoms with Gasteiger partial charge in [-0.15, -0.1) is 0 Å². The highest BCUT2D eigenvalue weighted by Crippen LogP contribution is 2.34. The minimum absolute atomic E-state index is 0.313. The maximum absolute atomic E-state index is 12.5. The van der Waals surface area contributed by atoms with Crippen LogP contribution in [0.5, 0.6) is 0 Å². The molecule has 0 aliphatic carbocycles. The lowest BCUT2D eigenvalue weighted by Crippen LogP contribution is -2.47. The molecule has 17 heavy (non-hydrogen) atoms. The van der Waals surface area contributed by atoms with Crippen LogP contribution in [0.4, 0.5) is 0 Å². The van der Waals surface area contributed by atoms with Crippen molar-refractivity contribution in [3.8, 4) is 0 Å². The zero-order chi connectivity index (χ0) is 12.0. The van der Waals surface area contributed by atoms with Crippen LogP contribution < -0.4 is 5.32 Å². The third-order valence-corrected chi connectivity index (χ3v) is 5.05. The van der Waals surface area contributed by atoms with Crippen LogP contribution in [-0.2, 0) is 4.79 Å². The van der Waals surface area contributed by atoms with E-state index in [1.54, 1.807) is 0 Å². The number of nitrogens with one attached hydrogen (secondary N) is 1. The highest BCUT2D eigenvalue weighted by Gasteiger charge is 2.48.